The SMILES string of the molecule is COC(=O)c1cccc(S(=O)(=O)Nc2cnn(CCO)c2)c1C. The van der Waals surface area contributed by atoms with E-state index in [4.69, 9.17) is 5.11 Å². The van der Waals surface area contributed by atoms with Crippen LogP contribution in [0.3, 0.4) is 0 Å². The summed E-state index contributed by atoms with van der Waals surface area (Å²) < 4.78 is 33.5. The molecular formula is C14H17N3O5S. The van der Waals surface area contributed by atoms with E-state index in [1.807, 2.05) is 0 Å². The predicted octanol–water partition coefficient (Wildman–Crippen LogP) is 0.771. The number of carbonyl (C=O) groups excluding carboxylic acids is 1. The number of anilines is 1. The maximum atomic E-state index is 12.5. The summed E-state index contributed by atoms with van der Waals surface area (Å²) >= 11 is 0. The predicted molar refractivity (Wildman–Crippen MR) is 82.6 cm³/mol. The second kappa shape index (κ2) is 6.80. The summed E-state index contributed by atoms with van der Waals surface area (Å²) in [7, 11) is -2.65. The van der Waals surface area contributed by atoms with Gasteiger partial charge in [0.1, 0.15) is 0 Å². The number of nitrogens with one attached hydrogen (secondary N) is 1. The van der Waals surface area contributed by atoms with Crippen molar-refractivity contribution < 1.29 is 23.1 Å². The monoisotopic (exact) mass is 339 g/mol. The average Bonchev–Trinajstić information content (AvgIpc) is 2.93. The lowest BCUT2D eigenvalue weighted by atomic mass is 10.1. The maximum Gasteiger partial charge on any atom is 0.338 e. The minimum atomic E-state index is -3.88. The number of carbonyl (C=O) groups is 1. The zero-order valence-electron chi connectivity index (χ0n) is 12.7. The summed E-state index contributed by atoms with van der Waals surface area (Å²) in [5.74, 6) is -0.602. The molecule has 23 heavy (non-hydrogen) atoms. The molecule has 8 nitrogen and oxygen atoms in total. The summed E-state index contributed by atoms with van der Waals surface area (Å²) in [6.45, 7) is 1.70. The minimum Gasteiger partial charge on any atom is -0.465 e. The highest BCUT2D eigenvalue weighted by molar-refractivity contribution is 7.92. The van der Waals surface area contributed by atoms with Crippen molar-refractivity contribution in [2.24, 2.45) is 0 Å². The summed E-state index contributed by atoms with van der Waals surface area (Å²) in [6.07, 6.45) is 2.81. The highest BCUT2D eigenvalue weighted by atomic mass is 32.2. The second-order valence-electron chi connectivity index (χ2n) is 4.74. The Balaban J connectivity index is 2.34. The van der Waals surface area contributed by atoms with Crippen LogP contribution in [0.25, 0.3) is 0 Å². The Kier molecular flexibility index (Phi) is 5.02. The van der Waals surface area contributed by atoms with Gasteiger partial charge in [0.2, 0.25) is 0 Å². The third kappa shape index (κ3) is 3.69. The molecule has 0 radical (unpaired) electrons. The molecule has 0 unspecified atom stereocenters. The van der Waals surface area contributed by atoms with Crippen molar-refractivity contribution in [3.05, 3.63) is 41.7 Å². The zero-order chi connectivity index (χ0) is 17.0. The van der Waals surface area contributed by atoms with Gasteiger partial charge >= 0.3 is 5.97 Å². The van der Waals surface area contributed by atoms with Gasteiger partial charge in [0, 0.05) is 6.20 Å². The molecule has 2 N–H and O–H groups in total. The molecular weight excluding hydrogens is 322 g/mol. The topological polar surface area (TPSA) is 111 Å². The van der Waals surface area contributed by atoms with Crippen LogP contribution >= 0.6 is 0 Å². The van der Waals surface area contributed by atoms with Crippen LogP contribution in [0.2, 0.25) is 0 Å². The summed E-state index contributed by atoms with van der Waals surface area (Å²) in [6, 6.07) is 4.38. The normalized spacial score (nSPS) is 11.3. The highest BCUT2D eigenvalue weighted by Gasteiger charge is 2.21. The number of rotatable bonds is 6. The number of hydrogen-bond donors (Lipinski definition) is 2. The Morgan fingerprint density at radius 3 is 2.83 bits per heavy atom. The van der Waals surface area contributed by atoms with E-state index in [2.05, 4.69) is 14.6 Å². The van der Waals surface area contributed by atoms with Crippen LogP contribution in [0, 0.1) is 6.92 Å². The lowest BCUT2D eigenvalue weighted by molar-refractivity contribution is 0.0599. The van der Waals surface area contributed by atoms with Crippen LogP contribution in [0.1, 0.15) is 15.9 Å². The van der Waals surface area contributed by atoms with Gasteiger partial charge in [-0.15, -0.1) is 0 Å². The van der Waals surface area contributed by atoms with Crippen LogP contribution in [-0.4, -0.2) is 43.0 Å². The molecule has 0 saturated heterocycles. The first kappa shape index (κ1) is 17.0. The lowest BCUT2D eigenvalue weighted by Crippen LogP contribution is -2.16. The molecule has 2 rings (SSSR count). The van der Waals surface area contributed by atoms with Gasteiger partial charge < -0.3 is 9.84 Å². The van der Waals surface area contributed by atoms with Crippen molar-refractivity contribution in [2.75, 3.05) is 18.4 Å². The Hall–Kier alpha value is -2.39. The summed E-state index contributed by atoms with van der Waals surface area (Å²) in [4.78, 5) is 11.7. The van der Waals surface area contributed by atoms with E-state index in [0.29, 0.717) is 5.56 Å². The molecule has 0 bridgehead atoms. The fraction of sp³-hybridized carbons (Fsp3) is 0.286. The van der Waals surface area contributed by atoms with Crippen LogP contribution < -0.4 is 4.72 Å². The average molecular weight is 339 g/mol. The number of aliphatic hydroxyl groups excluding tert-OH is 1. The van der Waals surface area contributed by atoms with Crippen molar-refractivity contribution in [3.63, 3.8) is 0 Å². The summed E-state index contributed by atoms with van der Waals surface area (Å²) in [5.41, 5.74) is 0.752. The van der Waals surface area contributed by atoms with Gasteiger partial charge in [-0.3, -0.25) is 9.40 Å². The van der Waals surface area contributed by atoms with E-state index in [0.717, 1.165) is 0 Å². The van der Waals surface area contributed by atoms with Gasteiger partial charge in [-0.1, -0.05) is 6.07 Å². The van der Waals surface area contributed by atoms with Crippen LogP contribution in [0.15, 0.2) is 35.5 Å². The molecule has 0 aliphatic carbocycles. The third-order valence-electron chi connectivity index (χ3n) is 3.19. The Bertz CT molecular complexity index is 814. The molecule has 0 amide bonds. The molecule has 1 aromatic heterocycles. The lowest BCUT2D eigenvalue weighted by Gasteiger charge is -2.11. The first-order chi connectivity index (χ1) is 10.9. The van der Waals surface area contributed by atoms with Gasteiger partial charge in [-0.2, -0.15) is 5.10 Å². The quantitative estimate of drug-likeness (QED) is 0.752. The number of methoxy groups -OCH3 is 1. The molecule has 0 aliphatic heterocycles. The fourth-order valence-electron chi connectivity index (χ4n) is 2.09. The standard InChI is InChI=1S/C14H17N3O5S/c1-10-12(14(19)22-2)4-3-5-13(10)23(20,21)16-11-8-15-17(9-11)6-7-18/h3-5,8-9,16,18H,6-7H2,1-2H3. The molecule has 1 aromatic carbocycles. The molecule has 0 spiro atoms. The Morgan fingerprint density at radius 1 is 1.43 bits per heavy atom. The number of sulfonamides is 1. The molecule has 0 aliphatic rings. The molecule has 0 atom stereocenters. The molecule has 2 aromatic rings. The molecule has 124 valence electrons. The third-order valence-corrected chi connectivity index (χ3v) is 4.72. The molecule has 1 heterocycles. The summed E-state index contributed by atoms with van der Waals surface area (Å²) in [5, 5.41) is 12.8. The van der Waals surface area contributed by atoms with E-state index >= 15 is 0 Å². The van der Waals surface area contributed by atoms with Gasteiger partial charge in [-0.05, 0) is 24.6 Å². The molecule has 0 saturated carbocycles. The van der Waals surface area contributed by atoms with E-state index in [9.17, 15) is 13.2 Å². The van der Waals surface area contributed by atoms with Gasteiger partial charge in [0.25, 0.3) is 10.0 Å². The number of ether oxygens (including phenoxy) is 1. The zero-order valence-corrected chi connectivity index (χ0v) is 13.5. The largest absolute Gasteiger partial charge is 0.465 e. The first-order valence-corrected chi connectivity index (χ1v) is 8.21. The number of nitrogens with zero attached hydrogens (tertiary/aromatic N) is 2. The molecule has 0 fully saturated rings. The van der Waals surface area contributed by atoms with Crippen LogP contribution in [-0.2, 0) is 21.3 Å². The van der Waals surface area contributed by atoms with Crippen LogP contribution in [0.5, 0.6) is 0 Å². The van der Waals surface area contributed by atoms with Crippen molar-refractivity contribution >= 4 is 21.7 Å². The fourth-order valence-corrected chi connectivity index (χ4v) is 3.38. The molecule has 9 heteroatoms. The number of hydrogen-bond acceptors (Lipinski definition) is 6. The smallest absolute Gasteiger partial charge is 0.338 e. The highest BCUT2D eigenvalue weighted by Crippen LogP contribution is 2.22. The van der Waals surface area contributed by atoms with Gasteiger partial charge in [0.05, 0.1) is 42.6 Å². The van der Waals surface area contributed by atoms with Crippen molar-refractivity contribution in [1.29, 1.82) is 0 Å². The minimum absolute atomic E-state index is 0.0182. The first-order valence-electron chi connectivity index (χ1n) is 6.73. The van der Waals surface area contributed by atoms with Crippen molar-refractivity contribution in [2.45, 2.75) is 18.4 Å². The van der Waals surface area contributed by atoms with E-state index in [1.54, 1.807) is 0 Å². The maximum absolute atomic E-state index is 12.5. The van der Waals surface area contributed by atoms with Crippen molar-refractivity contribution in [3.8, 4) is 0 Å². The Morgan fingerprint density at radius 2 is 2.17 bits per heavy atom. The van der Waals surface area contributed by atoms with Gasteiger partial charge in [0.15, 0.2) is 0 Å². The van der Waals surface area contributed by atoms with E-state index in [-0.39, 0.29) is 29.3 Å². The van der Waals surface area contributed by atoms with E-state index in [1.165, 1.54) is 49.3 Å². The van der Waals surface area contributed by atoms with Crippen LogP contribution in [0.4, 0.5) is 5.69 Å². The number of benzene rings is 1. The number of aromatic nitrogens is 2. The Labute approximate surface area is 133 Å². The number of esters is 1. The van der Waals surface area contributed by atoms with Gasteiger partial charge in [-0.25, -0.2) is 13.2 Å². The van der Waals surface area contributed by atoms with Crippen molar-refractivity contribution in [1.82, 2.24) is 9.78 Å². The second-order valence-corrected chi connectivity index (χ2v) is 6.39. The van der Waals surface area contributed by atoms with E-state index < -0.39 is 16.0 Å². The number of aliphatic hydroxyl groups is 1.